The van der Waals surface area contributed by atoms with Gasteiger partial charge in [-0.15, -0.1) is 0 Å². The second kappa shape index (κ2) is 7.12. The quantitative estimate of drug-likeness (QED) is 0.698. The monoisotopic (exact) mass is 337 g/mol. The van der Waals surface area contributed by atoms with Gasteiger partial charge >= 0.3 is 5.97 Å². The van der Waals surface area contributed by atoms with Crippen molar-refractivity contribution in [1.82, 2.24) is 9.97 Å². The number of hydrogen-bond acceptors (Lipinski definition) is 6. The lowest BCUT2D eigenvalue weighted by atomic mass is 10.1. The van der Waals surface area contributed by atoms with E-state index >= 15 is 0 Å². The van der Waals surface area contributed by atoms with E-state index in [1.54, 1.807) is 36.7 Å². The summed E-state index contributed by atoms with van der Waals surface area (Å²) in [5, 5.41) is 12.0. The van der Waals surface area contributed by atoms with E-state index in [0.717, 1.165) is 29.7 Å². The Balaban J connectivity index is 1.83. The van der Waals surface area contributed by atoms with Gasteiger partial charge in [-0.2, -0.15) is 0 Å². The molecule has 7 nitrogen and oxygen atoms in total. The van der Waals surface area contributed by atoms with Crippen molar-refractivity contribution < 1.29 is 9.90 Å². The molecule has 1 fully saturated rings. The van der Waals surface area contributed by atoms with E-state index in [1.165, 1.54) is 6.20 Å². The van der Waals surface area contributed by atoms with Crippen LogP contribution in [0.3, 0.4) is 0 Å². The van der Waals surface area contributed by atoms with Crippen molar-refractivity contribution in [1.29, 1.82) is 0 Å². The van der Waals surface area contributed by atoms with E-state index in [9.17, 15) is 4.79 Å². The predicted octanol–water partition coefficient (Wildman–Crippen LogP) is 2.60. The molecule has 2 aromatic rings. The number of nitrogens with one attached hydrogen (secondary N) is 1. The van der Waals surface area contributed by atoms with E-state index in [2.05, 4.69) is 20.3 Å². The van der Waals surface area contributed by atoms with Crippen LogP contribution in [0.2, 0.25) is 0 Å². The molecule has 0 amide bonds. The molecule has 1 aromatic carbocycles. The minimum Gasteiger partial charge on any atom is -0.478 e. The molecule has 4 N–H and O–H groups in total. The largest absolute Gasteiger partial charge is 0.478 e. The van der Waals surface area contributed by atoms with Gasteiger partial charge < -0.3 is 16.2 Å². The maximum atomic E-state index is 11.0. The van der Waals surface area contributed by atoms with Crippen LogP contribution in [0, 0.1) is 6.92 Å². The third-order valence-electron chi connectivity index (χ3n) is 3.78. The highest BCUT2D eigenvalue weighted by Gasteiger charge is 2.19. The Morgan fingerprint density at radius 3 is 2.68 bits per heavy atom. The van der Waals surface area contributed by atoms with Crippen LogP contribution >= 0.6 is 0 Å². The molecule has 0 aliphatic heterocycles. The molecular formula is C18H19N5O2. The molecule has 1 saturated carbocycles. The normalized spacial score (nSPS) is 14.7. The third-order valence-corrected chi connectivity index (χ3v) is 3.78. The molecular weight excluding hydrogens is 318 g/mol. The fourth-order valence-corrected chi connectivity index (χ4v) is 2.22. The lowest BCUT2D eigenvalue weighted by molar-refractivity contribution is 0.0697. The first-order valence-electron chi connectivity index (χ1n) is 7.96. The second-order valence-corrected chi connectivity index (χ2v) is 5.86. The third kappa shape index (κ3) is 4.20. The molecule has 3 rings (SSSR count). The lowest BCUT2D eigenvalue weighted by Gasteiger charge is -2.09. The molecule has 1 aromatic heterocycles. The summed E-state index contributed by atoms with van der Waals surface area (Å²) >= 11 is 0. The van der Waals surface area contributed by atoms with E-state index < -0.39 is 5.97 Å². The SMILES string of the molecule is Cc1cnc(NC(C=NC2CC2)=CN)nc1-c1ccc(C(=O)O)cc1. The highest BCUT2D eigenvalue weighted by molar-refractivity contribution is 5.88. The number of benzene rings is 1. The number of aliphatic imine (C=N–C) groups is 1. The lowest BCUT2D eigenvalue weighted by Crippen LogP contribution is -2.08. The molecule has 128 valence electrons. The minimum atomic E-state index is -0.957. The van der Waals surface area contributed by atoms with E-state index in [4.69, 9.17) is 10.8 Å². The van der Waals surface area contributed by atoms with Crippen molar-refractivity contribution in [3.63, 3.8) is 0 Å². The molecule has 0 saturated heterocycles. The molecule has 1 aliphatic carbocycles. The second-order valence-electron chi connectivity index (χ2n) is 5.86. The van der Waals surface area contributed by atoms with Gasteiger partial charge in [0, 0.05) is 24.2 Å². The summed E-state index contributed by atoms with van der Waals surface area (Å²) in [6.07, 6.45) is 7.07. The Hall–Kier alpha value is -3.22. The minimum absolute atomic E-state index is 0.235. The molecule has 1 aliphatic rings. The number of allylic oxidation sites excluding steroid dienone is 1. The molecule has 0 spiro atoms. The average Bonchev–Trinajstić information content (AvgIpc) is 3.44. The van der Waals surface area contributed by atoms with Crippen LogP contribution in [0.4, 0.5) is 5.95 Å². The number of hydrogen-bond donors (Lipinski definition) is 3. The Morgan fingerprint density at radius 1 is 1.36 bits per heavy atom. The van der Waals surface area contributed by atoms with Crippen LogP contribution in [0.25, 0.3) is 11.3 Å². The van der Waals surface area contributed by atoms with Gasteiger partial charge in [-0.05, 0) is 37.5 Å². The van der Waals surface area contributed by atoms with Crippen molar-refractivity contribution >= 4 is 18.1 Å². The van der Waals surface area contributed by atoms with Crippen LogP contribution in [0.15, 0.2) is 47.4 Å². The van der Waals surface area contributed by atoms with Gasteiger partial charge in [-0.3, -0.25) is 4.99 Å². The summed E-state index contributed by atoms with van der Waals surface area (Å²) in [5.74, 6) is -0.553. The van der Waals surface area contributed by atoms with Gasteiger partial charge in [0.25, 0.3) is 0 Å². The van der Waals surface area contributed by atoms with Gasteiger partial charge in [0.05, 0.1) is 23.0 Å². The first-order valence-corrected chi connectivity index (χ1v) is 7.96. The molecule has 7 heteroatoms. The number of nitrogens with two attached hydrogens (primary N) is 1. The van der Waals surface area contributed by atoms with Gasteiger partial charge in [0.2, 0.25) is 5.95 Å². The van der Waals surface area contributed by atoms with Crippen molar-refractivity contribution in [3.8, 4) is 11.3 Å². The van der Waals surface area contributed by atoms with Crippen molar-refractivity contribution in [2.45, 2.75) is 25.8 Å². The fraction of sp³-hybridized carbons (Fsp3) is 0.222. The van der Waals surface area contributed by atoms with Gasteiger partial charge in [-0.25, -0.2) is 14.8 Å². The van der Waals surface area contributed by atoms with Crippen molar-refractivity contribution in [3.05, 3.63) is 53.5 Å². The number of carboxylic acids is 1. The maximum absolute atomic E-state index is 11.0. The Kier molecular flexibility index (Phi) is 4.74. The molecule has 0 radical (unpaired) electrons. The maximum Gasteiger partial charge on any atom is 0.335 e. The highest BCUT2D eigenvalue weighted by Crippen LogP contribution is 2.24. The fourth-order valence-electron chi connectivity index (χ4n) is 2.22. The molecule has 1 heterocycles. The highest BCUT2D eigenvalue weighted by atomic mass is 16.4. The van der Waals surface area contributed by atoms with E-state index in [-0.39, 0.29) is 5.56 Å². The number of carbonyl (C=O) groups is 1. The number of carboxylic acid groups (broad SMARTS) is 1. The van der Waals surface area contributed by atoms with Crippen LogP contribution in [0.5, 0.6) is 0 Å². The zero-order valence-corrected chi connectivity index (χ0v) is 13.8. The number of anilines is 1. The van der Waals surface area contributed by atoms with Gasteiger partial charge in [0.1, 0.15) is 0 Å². The Bertz CT molecular complexity index is 839. The van der Waals surface area contributed by atoms with E-state index in [0.29, 0.717) is 17.7 Å². The smallest absolute Gasteiger partial charge is 0.335 e. The van der Waals surface area contributed by atoms with Crippen LogP contribution in [-0.4, -0.2) is 33.3 Å². The van der Waals surface area contributed by atoms with E-state index in [1.807, 2.05) is 6.92 Å². The first-order chi connectivity index (χ1) is 12.1. The molecule has 25 heavy (non-hydrogen) atoms. The zero-order chi connectivity index (χ0) is 17.8. The summed E-state index contributed by atoms with van der Waals surface area (Å²) in [5.41, 5.74) is 8.92. The van der Waals surface area contributed by atoms with Crippen molar-refractivity contribution in [2.24, 2.45) is 10.7 Å². The average molecular weight is 337 g/mol. The van der Waals surface area contributed by atoms with Crippen molar-refractivity contribution in [2.75, 3.05) is 5.32 Å². The van der Waals surface area contributed by atoms with Gasteiger partial charge in [-0.1, -0.05) is 12.1 Å². The number of nitrogens with zero attached hydrogens (tertiary/aromatic N) is 3. The van der Waals surface area contributed by atoms with Crippen LogP contribution < -0.4 is 11.1 Å². The Morgan fingerprint density at radius 2 is 2.08 bits per heavy atom. The summed E-state index contributed by atoms with van der Waals surface area (Å²) < 4.78 is 0. The summed E-state index contributed by atoms with van der Waals surface area (Å²) in [6.45, 7) is 1.90. The number of aryl methyl sites for hydroxylation is 1. The standard InChI is InChI=1S/C18H19N5O2/c1-11-9-21-18(22-15(8-19)10-20-14-6-7-14)23-16(11)12-2-4-13(5-3-12)17(24)25/h2-5,8-10,14H,6-7,19H2,1H3,(H,24,25)(H,21,22,23). The van der Waals surface area contributed by atoms with Crippen LogP contribution in [0.1, 0.15) is 28.8 Å². The summed E-state index contributed by atoms with van der Waals surface area (Å²) in [7, 11) is 0. The van der Waals surface area contributed by atoms with Gasteiger partial charge in [0.15, 0.2) is 0 Å². The molecule has 0 unspecified atom stereocenters. The molecule has 0 bridgehead atoms. The predicted molar refractivity (Wildman–Crippen MR) is 96.6 cm³/mol. The first kappa shape index (κ1) is 16.6. The summed E-state index contributed by atoms with van der Waals surface area (Å²) in [6, 6.07) is 6.98. The molecule has 0 atom stereocenters. The number of aromatic nitrogens is 2. The Labute approximate surface area is 145 Å². The summed E-state index contributed by atoms with van der Waals surface area (Å²) in [4.78, 5) is 24.1. The number of rotatable bonds is 6. The number of aromatic carboxylic acids is 1. The zero-order valence-electron chi connectivity index (χ0n) is 13.8. The topological polar surface area (TPSA) is 113 Å². The van der Waals surface area contributed by atoms with Crippen LogP contribution in [-0.2, 0) is 0 Å².